The van der Waals surface area contributed by atoms with E-state index >= 15 is 0 Å². The smallest absolute Gasteiger partial charge is 0.129 e. The summed E-state index contributed by atoms with van der Waals surface area (Å²) in [5.41, 5.74) is 1.90. The molecule has 3 heteroatoms. The van der Waals surface area contributed by atoms with Crippen LogP contribution in [0.25, 0.3) is 0 Å². The molecule has 0 atom stereocenters. The molecule has 1 saturated carbocycles. The first-order chi connectivity index (χ1) is 9.26. The molecule has 0 unspecified atom stereocenters. The normalized spacial score (nSPS) is 14.7. The van der Waals surface area contributed by atoms with Crippen molar-refractivity contribution in [3.8, 4) is 0 Å². The third-order valence-corrected chi connectivity index (χ3v) is 3.57. The lowest BCUT2D eigenvalue weighted by molar-refractivity contribution is 0.584. The highest BCUT2D eigenvalue weighted by molar-refractivity contribution is 5.54. The van der Waals surface area contributed by atoms with Crippen molar-refractivity contribution in [2.75, 3.05) is 18.0 Å². The molecule has 0 amide bonds. The van der Waals surface area contributed by atoms with Crippen LogP contribution in [0.5, 0.6) is 0 Å². The molecule has 2 nitrogen and oxygen atoms in total. The van der Waals surface area contributed by atoms with Crippen molar-refractivity contribution in [3.05, 3.63) is 29.6 Å². The van der Waals surface area contributed by atoms with E-state index in [1.54, 1.807) is 6.07 Å². The van der Waals surface area contributed by atoms with E-state index in [0.717, 1.165) is 37.2 Å². The fraction of sp³-hybridized carbons (Fsp3) is 0.625. The third kappa shape index (κ3) is 3.93. The zero-order valence-corrected chi connectivity index (χ0v) is 12.1. The summed E-state index contributed by atoms with van der Waals surface area (Å²) in [5, 5.41) is 3.43. The van der Waals surface area contributed by atoms with Crippen LogP contribution in [0.2, 0.25) is 0 Å². The Hall–Kier alpha value is -1.09. The number of benzene rings is 1. The largest absolute Gasteiger partial charge is 0.371 e. The van der Waals surface area contributed by atoms with E-state index in [0.29, 0.717) is 12.6 Å². The van der Waals surface area contributed by atoms with E-state index in [1.165, 1.54) is 12.8 Å². The topological polar surface area (TPSA) is 15.3 Å². The van der Waals surface area contributed by atoms with Gasteiger partial charge in [0.2, 0.25) is 0 Å². The van der Waals surface area contributed by atoms with Crippen LogP contribution in [0.1, 0.15) is 45.1 Å². The van der Waals surface area contributed by atoms with Gasteiger partial charge in [0.25, 0.3) is 0 Å². The minimum absolute atomic E-state index is 0.0807. The van der Waals surface area contributed by atoms with Gasteiger partial charge in [-0.05, 0) is 37.8 Å². The van der Waals surface area contributed by atoms with E-state index in [9.17, 15) is 4.39 Å². The molecule has 2 rings (SSSR count). The fourth-order valence-electron chi connectivity index (χ4n) is 2.44. The summed E-state index contributed by atoms with van der Waals surface area (Å²) in [6.07, 6.45) is 4.65. The van der Waals surface area contributed by atoms with Gasteiger partial charge in [-0.2, -0.15) is 0 Å². The predicted molar refractivity (Wildman–Crippen MR) is 79.1 cm³/mol. The number of nitrogens with zero attached hydrogens (tertiary/aromatic N) is 1. The Balaban J connectivity index is 2.17. The Morgan fingerprint density at radius 3 is 2.47 bits per heavy atom. The highest BCUT2D eigenvalue weighted by Gasteiger charge is 2.22. The Kier molecular flexibility index (Phi) is 5.20. The van der Waals surface area contributed by atoms with Crippen LogP contribution in [-0.2, 0) is 6.54 Å². The molecule has 1 N–H and O–H groups in total. The number of hydrogen-bond acceptors (Lipinski definition) is 2. The molecule has 1 fully saturated rings. The number of halogens is 1. The average molecular weight is 264 g/mol. The second-order valence-corrected chi connectivity index (χ2v) is 5.38. The van der Waals surface area contributed by atoms with Gasteiger partial charge in [-0.3, -0.25) is 0 Å². The standard InChI is InChI=1S/C16H25FN2/c1-3-10-19(11-4-2)16-7-5-6-15(17)14(16)12-18-13-8-9-13/h5-7,13,18H,3-4,8-12H2,1-2H3. The molecule has 0 saturated heterocycles. The Bertz CT molecular complexity index is 396. The van der Waals surface area contributed by atoms with Gasteiger partial charge in [-0.1, -0.05) is 19.9 Å². The summed E-state index contributed by atoms with van der Waals surface area (Å²) in [7, 11) is 0. The van der Waals surface area contributed by atoms with Crippen molar-refractivity contribution < 1.29 is 4.39 Å². The SMILES string of the molecule is CCCN(CCC)c1cccc(F)c1CNC1CC1. The van der Waals surface area contributed by atoms with Gasteiger partial charge in [0, 0.05) is 36.9 Å². The number of rotatable bonds is 8. The van der Waals surface area contributed by atoms with Crippen LogP contribution < -0.4 is 10.2 Å². The zero-order chi connectivity index (χ0) is 13.7. The summed E-state index contributed by atoms with van der Waals surface area (Å²) in [4.78, 5) is 2.31. The van der Waals surface area contributed by atoms with Gasteiger partial charge >= 0.3 is 0 Å². The van der Waals surface area contributed by atoms with Crippen molar-refractivity contribution in [3.63, 3.8) is 0 Å². The summed E-state index contributed by atoms with van der Waals surface area (Å²) in [6, 6.07) is 6.06. The molecule has 0 heterocycles. The Labute approximate surface area is 116 Å². The highest BCUT2D eigenvalue weighted by atomic mass is 19.1. The predicted octanol–water partition coefficient (Wildman–Crippen LogP) is 3.70. The molecule has 0 bridgehead atoms. The summed E-state index contributed by atoms with van der Waals surface area (Å²) >= 11 is 0. The Morgan fingerprint density at radius 2 is 1.89 bits per heavy atom. The van der Waals surface area contributed by atoms with Gasteiger partial charge in [-0.15, -0.1) is 0 Å². The molecule has 19 heavy (non-hydrogen) atoms. The summed E-state index contributed by atoms with van der Waals surface area (Å²) < 4.78 is 14.1. The maximum atomic E-state index is 14.1. The molecule has 1 aliphatic carbocycles. The van der Waals surface area contributed by atoms with E-state index in [-0.39, 0.29) is 5.82 Å². The van der Waals surface area contributed by atoms with Crippen LogP contribution in [0.4, 0.5) is 10.1 Å². The van der Waals surface area contributed by atoms with E-state index in [2.05, 4.69) is 30.1 Å². The van der Waals surface area contributed by atoms with Crippen molar-refractivity contribution in [2.24, 2.45) is 0 Å². The van der Waals surface area contributed by atoms with Crippen LogP contribution in [0.15, 0.2) is 18.2 Å². The maximum absolute atomic E-state index is 14.1. The summed E-state index contributed by atoms with van der Waals surface area (Å²) in [6.45, 7) is 6.98. The van der Waals surface area contributed by atoms with E-state index in [1.807, 2.05) is 6.07 Å². The van der Waals surface area contributed by atoms with Gasteiger partial charge < -0.3 is 10.2 Å². The molecule has 0 aliphatic heterocycles. The van der Waals surface area contributed by atoms with E-state index < -0.39 is 0 Å². The fourth-order valence-corrected chi connectivity index (χ4v) is 2.44. The second kappa shape index (κ2) is 6.90. The first-order valence-corrected chi connectivity index (χ1v) is 7.52. The van der Waals surface area contributed by atoms with Crippen LogP contribution in [0, 0.1) is 5.82 Å². The number of nitrogens with one attached hydrogen (secondary N) is 1. The van der Waals surface area contributed by atoms with Crippen molar-refractivity contribution >= 4 is 5.69 Å². The van der Waals surface area contributed by atoms with Crippen LogP contribution in [0.3, 0.4) is 0 Å². The lowest BCUT2D eigenvalue weighted by Crippen LogP contribution is -2.28. The molecule has 0 radical (unpaired) electrons. The Morgan fingerprint density at radius 1 is 1.21 bits per heavy atom. The minimum Gasteiger partial charge on any atom is -0.371 e. The molecule has 0 aromatic heterocycles. The third-order valence-electron chi connectivity index (χ3n) is 3.57. The monoisotopic (exact) mass is 264 g/mol. The lowest BCUT2D eigenvalue weighted by Gasteiger charge is -2.26. The minimum atomic E-state index is -0.0807. The van der Waals surface area contributed by atoms with Gasteiger partial charge in [0.1, 0.15) is 5.82 Å². The van der Waals surface area contributed by atoms with Crippen molar-refractivity contribution in [2.45, 2.75) is 52.1 Å². The van der Waals surface area contributed by atoms with E-state index in [4.69, 9.17) is 0 Å². The molecule has 106 valence electrons. The molecular formula is C16H25FN2. The first kappa shape index (κ1) is 14.3. The van der Waals surface area contributed by atoms with Crippen molar-refractivity contribution in [1.82, 2.24) is 5.32 Å². The highest BCUT2D eigenvalue weighted by Crippen LogP contribution is 2.26. The molecule has 0 spiro atoms. The zero-order valence-electron chi connectivity index (χ0n) is 12.1. The van der Waals surface area contributed by atoms with Crippen molar-refractivity contribution in [1.29, 1.82) is 0 Å². The van der Waals surface area contributed by atoms with Crippen LogP contribution in [-0.4, -0.2) is 19.1 Å². The molecule has 1 aromatic carbocycles. The second-order valence-electron chi connectivity index (χ2n) is 5.38. The first-order valence-electron chi connectivity index (χ1n) is 7.52. The maximum Gasteiger partial charge on any atom is 0.129 e. The lowest BCUT2D eigenvalue weighted by atomic mass is 10.1. The molecule has 1 aliphatic rings. The number of anilines is 1. The quantitative estimate of drug-likeness (QED) is 0.770. The number of hydrogen-bond donors (Lipinski definition) is 1. The van der Waals surface area contributed by atoms with Gasteiger partial charge in [-0.25, -0.2) is 4.39 Å². The molecular weight excluding hydrogens is 239 g/mol. The average Bonchev–Trinajstić information content (AvgIpc) is 3.21. The van der Waals surface area contributed by atoms with Gasteiger partial charge in [0.15, 0.2) is 0 Å². The molecule has 1 aromatic rings. The summed E-state index contributed by atoms with van der Waals surface area (Å²) in [5.74, 6) is -0.0807. The van der Waals surface area contributed by atoms with Crippen LogP contribution >= 0.6 is 0 Å². The van der Waals surface area contributed by atoms with Gasteiger partial charge in [0.05, 0.1) is 0 Å².